The van der Waals surface area contributed by atoms with Gasteiger partial charge < -0.3 is 4.74 Å². The molecule has 0 heterocycles. The summed E-state index contributed by atoms with van der Waals surface area (Å²) in [6.07, 6.45) is 3.48. The van der Waals surface area contributed by atoms with E-state index < -0.39 is 5.41 Å². The molecule has 1 aliphatic carbocycles. The maximum atomic E-state index is 13.0. The minimum atomic E-state index is -1.12. The van der Waals surface area contributed by atoms with Crippen LogP contribution in [0, 0.1) is 23.2 Å². The summed E-state index contributed by atoms with van der Waals surface area (Å²) in [7, 11) is 0. The first-order valence-corrected chi connectivity index (χ1v) is 9.50. The molecule has 1 aromatic carbocycles. The van der Waals surface area contributed by atoms with Crippen LogP contribution in [0.5, 0.6) is 0 Å². The van der Waals surface area contributed by atoms with Crippen molar-refractivity contribution in [3.8, 4) is 0 Å². The highest BCUT2D eigenvalue weighted by atomic mass is 16.5. The Balaban J connectivity index is 2.17. The summed E-state index contributed by atoms with van der Waals surface area (Å²) in [4.78, 5) is 25.3. The average Bonchev–Trinajstić information content (AvgIpc) is 2.55. The van der Waals surface area contributed by atoms with Crippen molar-refractivity contribution in [2.75, 3.05) is 0 Å². The highest BCUT2D eigenvalue weighted by Crippen LogP contribution is 2.37. The van der Waals surface area contributed by atoms with Crippen LogP contribution in [0.4, 0.5) is 0 Å². The van der Waals surface area contributed by atoms with Gasteiger partial charge in [0.2, 0.25) is 0 Å². The SMILES string of the molecule is CC(=O)[C@](C)(Cc1ccccc1)C(=O)O[C@@H]1C[C@H](C)CC[C@@H]1C(C)C. The summed E-state index contributed by atoms with van der Waals surface area (Å²) in [6.45, 7) is 9.81. The number of hydrogen-bond donors (Lipinski definition) is 0. The van der Waals surface area contributed by atoms with Gasteiger partial charge in [0.05, 0.1) is 0 Å². The Morgan fingerprint density at radius 1 is 1.20 bits per heavy atom. The van der Waals surface area contributed by atoms with E-state index >= 15 is 0 Å². The van der Waals surface area contributed by atoms with E-state index in [2.05, 4.69) is 20.8 Å². The topological polar surface area (TPSA) is 43.4 Å². The maximum Gasteiger partial charge on any atom is 0.319 e. The molecule has 1 aromatic rings. The molecule has 1 aliphatic rings. The molecule has 1 saturated carbocycles. The van der Waals surface area contributed by atoms with Crippen LogP contribution >= 0.6 is 0 Å². The third kappa shape index (κ3) is 4.71. The summed E-state index contributed by atoms with van der Waals surface area (Å²) < 4.78 is 5.97. The molecule has 3 nitrogen and oxygen atoms in total. The van der Waals surface area contributed by atoms with Crippen LogP contribution < -0.4 is 0 Å². The normalized spacial score (nSPS) is 26.1. The first kappa shape index (κ1) is 19.7. The zero-order valence-corrected chi connectivity index (χ0v) is 16.2. The molecule has 2 rings (SSSR count). The van der Waals surface area contributed by atoms with Gasteiger partial charge in [-0.1, -0.05) is 57.5 Å². The van der Waals surface area contributed by atoms with Crippen molar-refractivity contribution in [1.82, 2.24) is 0 Å². The molecule has 0 unspecified atom stereocenters. The lowest BCUT2D eigenvalue weighted by Crippen LogP contribution is -2.44. The number of esters is 1. The number of benzene rings is 1. The van der Waals surface area contributed by atoms with E-state index in [4.69, 9.17) is 4.74 Å². The van der Waals surface area contributed by atoms with E-state index in [-0.39, 0.29) is 17.9 Å². The van der Waals surface area contributed by atoms with E-state index in [1.54, 1.807) is 6.92 Å². The molecule has 0 amide bonds. The second kappa shape index (κ2) is 8.16. The van der Waals surface area contributed by atoms with Crippen LogP contribution in [0.15, 0.2) is 30.3 Å². The molecule has 138 valence electrons. The number of Topliss-reactive ketones (excluding diaryl/α,β-unsaturated/α-hetero) is 1. The molecule has 1 fully saturated rings. The third-order valence-corrected chi connectivity index (χ3v) is 5.85. The standard InChI is InChI=1S/C22H32O3/c1-15(2)19-12-11-16(3)13-20(19)25-21(24)22(5,17(4)23)14-18-9-7-6-8-10-18/h6-10,15-16,19-20H,11-14H2,1-5H3/t16-,19-,20-,22+/m1/s1. The van der Waals surface area contributed by atoms with Crippen molar-refractivity contribution in [3.05, 3.63) is 35.9 Å². The highest BCUT2D eigenvalue weighted by Gasteiger charge is 2.43. The molecule has 0 aliphatic heterocycles. The number of rotatable bonds is 6. The lowest BCUT2D eigenvalue weighted by atomic mass is 9.75. The summed E-state index contributed by atoms with van der Waals surface area (Å²) in [6, 6.07) is 9.70. The first-order valence-electron chi connectivity index (χ1n) is 9.50. The van der Waals surface area contributed by atoms with Gasteiger partial charge in [-0.15, -0.1) is 0 Å². The van der Waals surface area contributed by atoms with E-state index in [1.165, 1.54) is 13.3 Å². The molecule has 3 heteroatoms. The number of ether oxygens (including phenoxy) is 1. The van der Waals surface area contributed by atoms with Crippen molar-refractivity contribution in [2.24, 2.45) is 23.2 Å². The number of carbonyl (C=O) groups is 2. The fourth-order valence-corrected chi connectivity index (χ4v) is 3.86. The van der Waals surface area contributed by atoms with Crippen molar-refractivity contribution >= 4 is 11.8 Å². The van der Waals surface area contributed by atoms with Crippen molar-refractivity contribution in [1.29, 1.82) is 0 Å². The largest absolute Gasteiger partial charge is 0.461 e. The van der Waals surface area contributed by atoms with Gasteiger partial charge in [-0.25, -0.2) is 0 Å². The van der Waals surface area contributed by atoms with Gasteiger partial charge in [-0.3, -0.25) is 9.59 Å². The van der Waals surface area contributed by atoms with Crippen LogP contribution in [0.25, 0.3) is 0 Å². The highest BCUT2D eigenvalue weighted by molar-refractivity contribution is 6.02. The first-order chi connectivity index (χ1) is 11.7. The molecule has 0 N–H and O–H groups in total. The monoisotopic (exact) mass is 344 g/mol. The Labute approximate surface area is 152 Å². The quantitative estimate of drug-likeness (QED) is 0.548. The van der Waals surface area contributed by atoms with E-state index in [0.29, 0.717) is 24.2 Å². The van der Waals surface area contributed by atoms with Crippen molar-refractivity contribution in [3.63, 3.8) is 0 Å². The Morgan fingerprint density at radius 2 is 1.84 bits per heavy atom. The Morgan fingerprint density at radius 3 is 2.40 bits per heavy atom. The van der Waals surface area contributed by atoms with Gasteiger partial charge in [0.25, 0.3) is 0 Å². The number of ketones is 1. The summed E-state index contributed by atoms with van der Waals surface area (Å²) in [5.41, 5.74) is -0.140. The minimum Gasteiger partial charge on any atom is -0.461 e. The minimum absolute atomic E-state index is 0.0781. The predicted molar refractivity (Wildman–Crippen MR) is 100 cm³/mol. The molecule has 0 bridgehead atoms. The molecule has 0 saturated heterocycles. The zero-order valence-electron chi connectivity index (χ0n) is 16.2. The fourth-order valence-electron chi connectivity index (χ4n) is 3.86. The van der Waals surface area contributed by atoms with E-state index in [0.717, 1.165) is 18.4 Å². The van der Waals surface area contributed by atoms with E-state index in [1.807, 2.05) is 30.3 Å². The molecule has 0 radical (unpaired) electrons. The van der Waals surface area contributed by atoms with Crippen LogP contribution in [0.1, 0.15) is 59.4 Å². The molecular weight excluding hydrogens is 312 g/mol. The maximum absolute atomic E-state index is 13.0. The summed E-state index contributed by atoms with van der Waals surface area (Å²) in [5, 5.41) is 0. The number of hydrogen-bond acceptors (Lipinski definition) is 3. The van der Waals surface area contributed by atoms with Crippen LogP contribution in [0.2, 0.25) is 0 Å². The van der Waals surface area contributed by atoms with Crippen molar-refractivity contribution in [2.45, 2.75) is 66.4 Å². The van der Waals surface area contributed by atoms with Crippen LogP contribution in [-0.2, 0) is 20.7 Å². The zero-order chi connectivity index (χ0) is 18.6. The Kier molecular flexibility index (Phi) is 6.42. The second-order valence-corrected chi connectivity index (χ2v) is 8.32. The smallest absolute Gasteiger partial charge is 0.319 e. The molecule has 25 heavy (non-hydrogen) atoms. The van der Waals surface area contributed by atoms with E-state index in [9.17, 15) is 9.59 Å². The van der Waals surface area contributed by atoms with Gasteiger partial charge in [0, 0.05) is 0 Å². The molecule has 0 spiro atoms. The van der Waals surface area contributed by atoms with Gasteiger partial charge in [0.1, 0.15) is 17.3 Å². The van der Waals surface area contributed by atoms with Gasteiger partial charge in [0.15, 0.2) is 0 Å². The lowest BCUT2D eigenvalue weighted by molar-refractivity contribution is -0.169. The molecular formula is C22H32O3. The lowest BCUT2D eigenvalue weighted by Gasteiger charge is -2.38. The average molecular weight is 344 g/mol. The number of carbonyl (C=O) groups excluding carboxylic acids is 2. The van der Waals surface area contributed by atoms with Crippen molar-refractivity contribution < 1.29 is 14.3 Å². The molecule has 0 aromatic heterocycles. The Bertz CT molecular complexity index is 593. The predicted octanol–water partition coefficient (Wildman–Crippen LogP) is 4.83. The second-order valence-electron chi connectivity index (χ2n) is 8.32. The van der Waals surface area contributed by atoms with Crippen LogP contribution in [-0.4, -0.2) is 17.9 Å². The van der Waals surface area contributed by atoms with Gasteiger partial charge in [-0.2, -0.15) is 0 Å². The molecule has 4 atom stereocenters. The fraction of sp³-hybridized carbons (Fsp3) is 0.636. The van der Waals surface area contributed by atoms with Gasteiger partial charge >= 0.3 is 5.97 Å². The third-order valence-electron chi connectivity index (χ3n) is 5.85. The van der Waals surface area contributed by atoms with Crippen LogP contribution in [0.3, 0.4) is 0 Å². The Hall–Kier alpha value is -1.64. The summed E-state index contributed by atoms with van der Waals surface area (Å²) >= 11 is 0. The summed E-state index contributed by atoms with van der Waals surface area (Å²) in [5.74, 6) is 0.918. The van der Waals surface area contributed by atoms with Gasteiger partial charge in [-0.05, 0) is 56.4 Å².